The summed E-state index contributed by atoms with van der Waals surface area (Å²) in [5.41, 5.74) is 2.87. The highest BCUT2D eigenvalue weighted by molar-refractivity contribution is 9.10. The molecule has 0 aliphatic heterocycles. The van der Waals surface area contributed by atoms with Crippen LogP contribution in [0, 0.1) is 0 Å². The van der Waals surface area contributed by atoms with Crippen LogP contribution in [0.25, 0.3) is 17.0 Å². The molecule has 2 heterocycles. The zero-order valence-corrected chi connectivity index (χ0v) is 18.1. The molecule has 3 nitrogen and oxygen atoms in total. The Balaban J connectivity index is 0.00000225. The minimum Gasteiger partial charge on any atom is -1.00 e. The molecule has 2 aromatic heterocycles. The second kappa shape index (κ2) is 9.13. The standard InChI is InChI=1S/C23H17BrNO2.BrH/c24-20-9-3-1-8-19(20)16-25-13-5-6-17(15-25)11-12-21(26)23-14-18-7-2-4-10-22(18)27-23;/h1-15H,16H2;1H/q+1;/p-1/b12-11+;. The number of benzene rings is 2. The maximum absolute atomic E-state index is 12.4. The fourth-order valence-corrected chi connectivity index (χ4v) is 3.33. The molecule has 0 saturated carbocycles. The number of carbonyl (C=O) groups is 1. The van der Waals surface area contributed by atoms with Gasteiger partial charge in [-0.2, -0.15) is 0 Å². The molecule has 0 unspecified atom stereocenters. The molecule has 28 heavy (non-hydrogen) atoms. The molecule has 0 spiro atoms. The van der Waals surface area contributed by atoms with Crippen LogP contribution < -0.4 is 21.5 Å². The van der Waals surface area contributed by atoms with Crippen molar-refractivity contribution in [3.63, 3.8) is 0 Å². The van der Waals surface area contributed by atoms with Crippen molar-refractivity contribution in [1.29, 1.82) is 0 Å². The first-order valence-corrected chi connectivity index (χ1v) is 9.42. The third kappa shape index (κ3) is 4.66. The lowest BCUT2D eigenvalue weighted by Gasteiger charge is -2.01. The quantitative estimate of drug-likeness (QED) is 0.240. The Labute approximate surface area is 182 Å². The van der Waals surface area contributed by atoms with E-state index in [1.165, 1.54) is 5.56 Å². The monoisotopic (exact) mass is 497 g/mol. The maximum atomic E-state index is 12.4. The number of hydrogen-bond acceptors (Lipinski definition) is 2. The number of nitrogens with zero attached hydrogens (tertiary/aromatic N) is 1. The Hall–Kier alpha value is -2.50. The summed E-state index contributed by atoms with van der Waals surface area (Å²) in [5.74, 6) is 0.205. The van der Waals surface area contributed by atoms with E-state index in [2.05, 4.69) is 26.6 Å². The summed E-state index contributed by atoms with van der Waals surface area (Å²) in [4.78, 5) is 12.4. The number of fused-ring (bicyclic) bond motifs is 1. The van der Waals surface area contributed by atoms with Gasteiger partial charge in [0.25, 0.3) is 0 Å². The summed E-state index contributed by atoms with van der Waals surface area (Å²) in [7, 11) is 0. The van der Waals surface area contributed by atoms with Crippen molar-refractivity contribution in [2.75, 3.05) is 0 Å². The number of aromatic nitrogens is 1. The molecule has 0 amide bonds. The zero-order valence-electron chi connectivity index (χ0n) is 14.9. The third-order valence-electron chi connectivity index (χ3n) is 4.29. The van der Waals surface area contributed by atoms with Crippen LogP contribution in [0.1, 0.15) is 21.7 Å². The number of allylic oxidation sites excluding steroid dienone is 1. The number of para-hydroxylation sites is 1. The molecule has 5 heteroatoms. The first kappa shape index (κ1) is 20.2. The molecule has 140 valence electrons. The predicted octanol–water partition coefficient (Wildman–Crippen LogP) is 2.43. The average molecular weight is 499 g/mol. The van der Waals surface area contributed by atoms with Gasteiger partial charge in [-0.15, -0.1) is 0 Å². The molecule has 0 aliphatic carbocycles. The van der Waals surface area contributed by atoms with E-state index in [1.807, 2.05) is 73.1 Å². The molecule has 2 aromatic carbocycles. The summed E-state index contributed by atoms with van der Waals surface area (Å²) in [6.45, 7) is 0.751. The summed E-state index contributed by atoms with van der Waals surface area (Å²) < 4.78 is 8.79. The summed E-state index contributed by atoms with van der Waals surface area (Å²) in [6.07, 6.45) is 7.39. The number of carbonyl (C=O) groups excluding carboxylic acids is 1. The number of hydrogen-bond donors (Lipinski definition) is 0. The minimum atomic E-state index is -0.146. The minimum absolute atomic E-state index is 0. The van der Waals surface area contributed by atoms with Gasteiger partial charge in [-0.05, 0) is 36.4 Å². The van der Waals surface area contributed by atoms with Gasteiger partial charge in [0.15, 0.2) is 24.7 Å². The molecule has 0 radical (unpaired) electrons. The van der Waals surface area contributed by atoms with Gasteiger partial charge in [-0.25, -0.2) is 4.57 Å². The molecular formula is C23H17Br2NO2. The van der Waals surface area contributed by atoms with Crippen molar-refractivity contribution in [3.05, 3.63) is 107 Å². The Morgan fingerprint density at radius 2 is 1.82 bits per heavy atom. The van der Waals surface area contributed by atoms with Gasteiger partial charge in [-0.1, -0.05) is 52.3 Å². The Kier molecular flexibility index (Phi) is 6.60. The molecule has 0 aliphatic rings. The lowest BCUT2D eigenvalue weighted by molar-refractivity contribution is -0.688. The molecule has 4 aromatic rings. The zero-order chi connectivity index (χ0) is 18.6. The van der Waals surface area contributed by atoms with Crippen LogP contribution in [-0.4, -0.2) is 5.78 Å². The topological polar surface area (TPSA) is 34.1 Å². The summed E-state index contributed by atoms with van der Waals surface area (Å²) in [6, 6.07) is 21.5. The highest BCUT2D eigenvalue weighted by Crippen LogP contribution is 2.19. The van der Waals surface area contributed by atoms with Gasteiger partial charge in [0.1, 0.15) is 5.58 Å². The van der Waals surface area contributed by atoms with Crippen LogP contribution >= 0.6 is 15.9 Å². The van der Waals surface area contributed by atoms with Crippen molar-refractivity contribution in [1.82, 2.24) is 0 Å². The number of ketones is 1. The van der Waals surface area contributed by atoms with Crippen LogP contribution in [0.15, 0.2) is 94.1 Å². The average Bonchev–Trinajstić information content (AvgIpc) is 3.13. The van der Waals surface area contributed by atoms with E-state index in [4.69, 9.17) is 4.42 Å². The van der Waals surface area contributed by atoms with Gasteiger partial charge in [0.05, 0.1) is 0 Å². The van der Waals surface area contributed by atoms with Crippen molar-refractivity contribution < 1.29 is 30.8 Å². The smallest absolute Gasteiger partial charge is 0.221 e. The van der Waals surface area contributed by atoms with Gasteiger partial charge < -0.3 is 21.4 Å². The van der Waals surface area contributed by atoms with Gasteiger partial charge in [-0.3, -0.25) is 4.79 Å². The number of halogens is 2. The van der Waals surface area contributed by atoms with Crippen molar-refractivity contribution in [2.24, 2.45) is 0 Å². The second-order valence-electron chi connectivity index (χ2n) is 6.25. The van der Waals surface area contributed by atoms with E-state index >= 15 is 0 Å². The van der Waals surface area contributed by atoms with Crippen LogP contribution in [0.2, 0.25) is 0 Å². The van der Waals surface area contributed by atoms with Crippen molar-refractivity contribution in [3.8, 4) is 0 Å². The molecule has 0 bridgehead atoms. The summed E-state index contributed by atoms with van der Waals surface area (Å²) in [5, 5.41) is 0.931. The largest absolute Gasteiger partial charge is 1.00 e. The summed E-state index contributed by atoms with van der Waals surface area (Å²) >= 11 is 3.58. The number of rotatable bonds is 5. The van der Waals surface area contributed by atoms with Crippen LogP contribution in [0.5, 0.6) is 0 Å². The molecule has 4 rings (SSSR count). The highest BCUT2D eigenvalue weighted by atomic mass is 79.9. The van der Waals surface area contributed by atoms with Crippen LogP contribution in [-0.2, 0) is 6.54 Å². The molecule has 0 fully saturated rings. The fourth-order valence-electron chi connectivity index (χ4n) is 2.92. The van der Waals surface area contributed by atoms with Crippen molar-refractivity contribution in [2.45, 2.75) is 6.54 Å². The van der Waals surface area contributed by atoms with Gasteiger partial charge in [0.2, 0.25) is 5.78 Å². The normalized spacial score (nSPS) is 10.9. The van der Waals surface area contributed by atoms with Crippen LogP contribution in [0.4, 0.5) is 0 Å². The molecule has 0 saturated heterocycles. The van der Waals surface area contributed by atoms with E-state index in [0.29, 0.717) is 5.76 Å². The van der Waals surface area contributed by atoms with E-state index in [-0.39, 0.29) is 22.8 Å². The van der Waals surface area contributed by atoms with E-state index < -0.39 is 0 Å². The molecule has 0 atom stereocenters. The fraction of sp³-hybridized carbons (Fsp3) is 0.0435. The second-order valence-corrected chi connectivity index (χ2v) is 7.10. The Bertz CT molecular complexity index is 1120. The van der Waals surface area contributed by atoms with E-state index in [1.54, 1.807) is 12.1 Å². The third-order valence-corrected chi connectivity index (χ3v) is 5.06. The Morgan fingerprint density at radius 1 is 1.04 bits per heavy atom. The Morgan fingerprint density at radius 3 is 2.64 bits per heavy atom. The maximum Gasteiger partial charge on any atom is 0.221 e. The predicted molar refractivity (Wildman–Crippen MR) is 109 cm³/mol. The highest BCUT2D eigenvalue weighted by Gasteiger charge is 2.10. The van der Waals surface area contributed by atoms with Gasteiger partial charge >= 0.3 is 0 Å². The van der Waals surface area contributed by atoms with Crippen molar-refractivity contribution >= 4 is 38.8 Å². The number of furan rings is 1. The first-order valence-electron chi connectivity index (χ1n) is 8.62. The van der Waals surface area contributed by atoms with Gasteiger partial charge in [0, 0.05) is 27.1 Å². The lowest BCUT2D eigenvalue weighted by Crippen LogP contribution is -3.00. The number of pyridine rings is 1. The lowest BCUT2D eigenvalue weighted by atomic mass is 10.2. The van der Waals surface area contributed by atoms with E-state index in [0.717, 1.165) is 27.6 Å². The van der Waals surface area contributed by atoms with E-state index in [9.17, 15) is 4.79 Å². The molecular weight excluding hydrogens is 482 g/mol. The molecule has 0 N–H and O–H groups in total. The SMILES string of the molecule is O=C(/C=C/c1ccc[n+](Cc2ccccc2Br)c1)c1cc2ccccc2o1.[Br-]. The first-order chi connectivity index (χ1) is 13.2. The van der Waals surface area contributed by atoms with Crippen LogP contribution in [0.3, 0.4) is 0 Å².